The molecule has 0 aliphatic carbocycles. The number of nitro benzene ring substituents is 1. The van der Waals surface area contributed by atoms with Gasteiger partial charge in [-0.15, -0.1) is 0 Å². The normalized spacial score (nSPS) is 11.5. The molecule has 196 valence electrons. The summed E-state index contributed by atoms with van der Waals surface area (Å²) in [6, 6.07) is 21.7. The van der Waals surface area contributed by atoms with Crippen LogP contribution >= 0.6 is 27.5 Å². The van der Waals surface area contributed by atoms with Crippen molar-refractivity contribution in [1.82, 2.24) is 9.66 Å². The van der Waals surface area contributed by atoms with E-state index in [1.165, 1.54) is 23.0 Å². The molecule has 0 fully saturated rings. The smallest absolute Gasteiger partial charge is 0.313 e. The van der Waals surface area contributed by atoms with E-state index in [1.54, 1.807) is 12.1 Å². The Morgan fingerprint density at radius 3 is 2.69 bits per heavy atom. The zero-order chi connectivity index (χ0) is 27.5. The number of nitrogens with zero attached hydrogens (tertiary/aromatic N) is 4. The van der Waals surface area contributed by atoms with E-state index in [1.807, 2.05) is 55.5 Å². The first-order valence-electron chi connectivity index (χ1n) is 12.2. The number of fused-ring (bicyclic) bond motifs is 2. The summed E-state index contributed by atoms with van der Waals surface area (Å²) in [6.07, 6.45) is 2.61. The van der Waals surface area contributed by atoms with E-state index in [4.69, 9.17) is 16.3 Å². The molecule has 0 N–H and O–H groups in total. The van der Waals surface area contributed by atoms with Crippen LogP contribution in [-0.4, -0.2) is 20.8 Å². The van der Waals surface area contributed by atoms with Crippen molar-refractivity contribution >= 4 is 61.1 Å². The Bertz CT molecular complexity index is 1810. The first-order valence-corrected chi connectivity index (χ1v) is 13.4. The first kappa shape index (κ1) is 26.5. The van der Waals surface area contributed by atoms with Gasteiger partial charge in [-0.05, 0) is 47.0 Å². The number of benzene rings is 4. The third-order valence-electron chi connectivity index (χ3n) is 6.17. The fraction of sp³-hybridized carbons (Fsp3) is 0.138. The molecule has 0 saturated carbocycles. The summed E-state index contributed by atoms with van der Waals surface area (Å²) in [5.41, 5.74) is 1.04. The molecule has 4 aromatic carbocycles. The molecule has 5 rings (SSSR count). The van der Waals surface area contributed by atoms with Crippen molar-refractivity contribution in [2.24, 2.45) is 5.10 Å². The number of halogens is 2. The van der Waals surface area contributed by atoms with Crippen molar-refractivity contribution in [1.29, 1.82) is 0 Å². The van der Waals surface area contributed by atoms with Gasteiger partial charge in [0.25, 0.3) is 5.56 Å². The van der Waals surface area contributed by atoms with Gasteiger partial charge in [0, 0.05) is 27.5 Å². The number of nitro groups is 1. The van der Waals surface area contributed by atoms with Gasteiger partial charge in [0.1, 0.15) is 12.4 Å². The Kier molecular flexibility index (Phi) is 7.72. The van der Waals surface area contributed by atoms with Gasteiger partial charge in [-0.3, -0.25) is 14.9 Å². The molecule has 5 aromatic rings. The maximum absolute atomic E-state index is 13.4. The number of rotatable bonds is 8. The van der Waals surface area contributed by atoms with Gasteiger partial charge in [-0.1, -0.05) is 76.9 Å². The zero-order valence-corrected chi connectivity index (χ0v) is 23.1. The highest BCUT2D eigenvalue weighted by Gasteiger charge is 2.21. The van der Waals surface area contributed by atoms with E-state index in [2.05, 4.69) is 26.0 Å². The van der Waals surface area contributed by atoms with Crippen LogP contribution in [0.2, 0.25) is 5.02 Å². The Hall–Kier alpha value is -4.08. The number of hydrogen-bond acceptors (Lipinski definition) is 6. The predicted octanol–water partition coefficient (Wildman–Crippen LogP) is 7.29. The third kappa shape index (κ3) is 5.55. The minimum absolute atomic E-state index is 0.00247. The van der Waals surface area contributed by atoms with E-state index in [0.29, 0.717) is 23.1 Å². The molecule has 0 saturated heterocycles. The largest absolute Gasteiger partial charge is 0.481 e. The Labute approximate surface area is 236 Å². The van der Waals surface area contributed by atoms with Gasteiger partial charge in [-0.2, -0.15) is 9.78 Å². The van der Waals surface area contributed by atoms with Crippen LogP contribution < -0.4 is 10.3 Å². The highest BCUT2D eigenvalue weighted by atomic mass is 79.9. The lowest BCUT2D eigenvalue weighted by atomic mass is 10.1. The van der Waals surface area contributed by atoms with Crippen LogP contribution in [0.15, 0.2) is 87.2 Å². The average Bonchev–Trinajstić information content (AvgIpc) is 2.92. The van der Waals surface area contributed by atoms with Gasteiger partial charge in [0.2, 0.25) is 5.75 Å². The second-order valence-electron chi connectivity index (χ2n) is 8.83. The van der Waals surface area contributed by atoms with Crippen molar-refractivity contribution in [3.63, 3.8) is 0 Å². The molecule has 0 amide bonds. The quantitative estimate of drug-likeness (QED) is 0.105. The van der Waals surface area contributed by atoms with Crippen LogP contribution in [0.25, 0.3) is 21.7 Å². The lowest BCUT2D eigenvalue weighted by Crippen LogP contribution is -2.22. The van der Waals surface area contributed by atoms with E-state index in [9.17, 15) is 14.9 Å². The summed E-state index contributed by atoms with van der Waals surface area (Å²) in [4.78, 5) is 29.4. The van der Waals surface area contributed by atoms with Gasteiger partial charge in [0.05, 0.1) is 22.0 Å². The van der Waals surface area contributed by atoms with Crippen LogP contribution in [0.4, 0.5) is 5.69 Å². The van der Waals surface area contributed by atoms with Gasteiger partial charge >= 0.3 is 5.69 Å². The van der Waals surface area contributed by atoms with Crippen molar-refractivity contribution in [3.8, 4) is 5.75 Å². The Morgan fingerprint density at radius 2 is 1.90 bits per heavy atom. The molecule has 1 heterocycles. The molecule has 0 radical (unpaired) electrons. The van der Waals surface area contributed by atoms with Crippen LogP contribution in [0.5, 0.6) is 5.75 Å². The van der Waals surface area contributed by atoms with Crippen LogP contribution in [0.3, 0.4) is 0 Å². The molecule has 0 aliphatic heterocycles. The van der Waals surface area contributed by atoms with Crippen LogP contribution in [0.1, 0.15) is 30.3 Å². The fourth-order valence-corrected chi connectivity index (χ4v) is 4.96. The topological polar surface area (TPSA) is 99.6 Å². The molecule has 39 heavy (non-hydrogen) atoms. The van der Waals surface area contributed by atoms with Gasteiger partial charge in [0.15, 0.2) is 0 Å². The minimum Gasteiger partial charge on any atom is -0.481 e. The molecular weight excluding hydrogens is 584 g/mol. The van der Waals surface area contributed by atoms with Crippen LogP contribution in [-0.2, 0) is 13.0 Å². The maximum Gasteiger partial charge on any atom is 0.313 e. The molecule has 0 atom stereocenters. The number of aryl methyl sites for hydroxylation is 1. The molecule has 10 heteroatoms. The van der Waals surface area contributed by atoms with E-state index in [-0.39, 0.29) is 34.2 Å². The molecular formula is C29H22BrClN4O4. The lowest BCUT2D eigenvalue weighted by molar-refractivity contribution is -0.385. The number of ether oxygens (including phenoxy) is 1. The van der Waals surface area contributed by atoms with Crippen molar-refractivity contribution < 1.29 is 9.66 Å². The van der Waals surface area contributed by atoms with Crippen molar-refractivity contribution in [2.45, 2.75) is 26.4 Å². The van der Waals surface area contributed by atoms with Crippen molar-refractivity contribution in [2.75, 3.05) is 0 Å². The van der Waals surface area contributed by atoms with E-state index < -0.39 is 4.92 Å². The van der Waals surface area contributed by atoms with Crippen molar-refractivity contribution in [3.05, 3.63) is 120 Å². The Morgan fingerprint density at radius 1 is 1.10 bits per heavy atom. The van der Waals surface area contributed by atoms with Gasteiger partial charge in [-0.25, -0.2) is 4.98 Å². The predicted molar refractivity (Wildman–Crippen MR) is 157 cm³/mol. The van der Waals surface area contributed by atoms with E-state index >= 15 is 0 Å². The van der Waals surface area contributed by atoms with E-state index in [0.717, 1.165) is 27.2 Å². The van der Waals surface area contributed by atoms with Crippen LogP contribution in [0, 0.1) is 10.1 Å². The molecule has 1 aromatic heterocycles. The zero-order valence-electron chi connectivity index (χ0n) is 20.8. The summed E-state index contributed by atoms with van der Waals surface area (Å²) >= 11 is 9.64. The SMILES string of the molecule is CCCc1nc2ccc(Br)cc2c(=O)n1N=Cc1cc(Cl)cc([N+](=O)[O-])c1OCc1cccc2ccccc12. The number of hydrogen-bond donors (Lipinski definition) is 0. The van der Waals surface area contributed by atoms with Gasteiger partial charge < -0.3 is 4.74 Å². The average molecular weight is 606 g/mol. The lowest BCUT2D eigenvalue weighted by Gasteiger charge is -2.12. The third-order valence-corrected chi connectivity index (χ3v) is 6.88. The Balaban J connectivity index is 1.60. The molecule has 0 bridgehead atoms. The maximum atomic E-state index is 13.4. The summed E-state index contributed by atoms with van der Waals surface area (Å²) in [5, 5.41) is 18.9. The minimum atomic E-state index is -0.550. The molecule has 0 aliphatic rings. The summed E-state index contributed by atoms with van der Waals surface area (Å²) in [6.45, 7) is 2.06. The summed E-state index contributed by atoms with van der Waals surface area (Å²) in [5.74, 6) is 0.478. The summed E-state index contributed by atoms with van der Waals surface area (Å²) < 4.78 is 8.02. The second-order valence-corrected chi connectivity index (χ2v) is 10.2. The number of aromatic nitrogens is 2. The highest BCUT2D eigenvalue weighted by Crippen LogP contribution is 2.35. The highest BCUT2D eigenvalue weighted by molar-refractivity contribution is 9.10. The summed E-state index contributed by atoms with van der Waals surface area (Å²) in [7, 11) is 0. The molecule has 0 unspecified atom stereocenters. The molecule has 0 spiro atoms. The first-order chi connectivity index (χ1) is 18.9. The standard InChI is InChI=1S/C29H22BrClN4O4/c1-2-6-27-33-25-12-11-21(30)14-24(25)29(36)34(27)32-16-20-13-22(31)15-26(35(37)38)28(20)39-17-19-9-5-8-18-7-3-4-10-23(18)19/h3-5,7-16H,2,6,17H2,1H3. The monoisotopic (exact) mass is 604 g/mol. The fourth-order valence-electron chi connectivity index (χ4n) is 4.38. The second kappa shape index (κ2) is 11.3. The molecule has 8 nitrogen and oxygen atoms in total.